The van der Waals surface area contributed by atoms with Crippen molar-refractivity contribution in [2.75, 3.05) is 12.8 Å². The summed E-state index contributed by atoms with van der Waals surface area (Å²) in [6, 6.07) is 13.5. The van der Waals surface area contributed by atoms with Crippen LogP contribution in [0.25, 0.3) is 0 Å². The zero-order valence-electron chi connectivity index (χ0n) is 11.9. The summed E-state index contributed by atoms with van der Waals surface area (Å²) in [4.78, 5) is 12.3. The number of nitrogens with two attached hydrogens (primary N) is 1. The zero-order valence-corrected chi connectivity index (χ0v) is 11.9. The summed E-state index contributed by atoms with van der Waals surface area (Å²) >= 11 is 0. The maximum absolute atomic E-state index is 12.3. The van der Waals surface area contributed by atoms with Crippen molar-refractivity contribution in [3.8, 4) is 5.75 Å². The minimum atomic E-state index is -0.0340. The Hall–Kier alpha value is -2.49. The van der Waals surface area contributed by atoms with Crippen LogP contribution in [0.2, 0.25) is 0 Å². The number of benzene rings is 2. The van der Waals surface area contributed by atoms with E-state index in [1.807, 2.05) is 30.3 Å². The molecule has 1 atom stereocenters. The quantitative estimate of drug-likeness (QED) is 0.845. The molecule has 1 amide bonds. The first kappa shape index (κ1) is 13.5. The van der Waals surface area contributed by atoms with Gasteiger partial charge in [-0.1, -0.05) is 24.3 Å². The third kappa shape index (κ3) is 2.57. The molecule has 0 saturated heterocycles. The molecule has 4 heteroatoms. The molecular formula is C17H18N2O2. The number of hydrogen-bond acceptors (Lipinski definition) is 3. The molecule has 0 radical (unpaired) electrons. The van der Waals surface area contributed by atoms with Gasteiger partial charge < -0.3 is 15.8 Å². The summed E-state index contributed by atoms with van der Waals surface area (Å²) in [5.41, 5.74) is 9.73. The van der Waals surface area contributed by atoms with Crippen molar-refractivity contribution in [2.45, 2.75) is 18.9 Å². The van der Waals surface area contributed by atoms with Gasteiger partial charge in [-0.15, -0.1) is 0 Å². The van der Waals surface area contributed by atoms with Crippen LogP contribution in [0.5, 0.6) is 5.75 Å². The molecule has 0 saturated carbocycles. The van der Waals surface area contributed by atoms with Crippen LogP contribution in [-0.4, -0.2) is 13.0 Å². The van der Waals surface area contributed by atoms with Crippen molar-refractivity contribution in [1.82, 2.24) is 5.32 Å². The van der Waals surface area contributed by atoms with Gasteiger partial charge in [0, 0.05) is 17.8 Å². The molecule has 3 rings (SSSR count). The average Bonchev–Trinajstić information content (AvgIpc) is 2.46. The minimum Gasteiger partial charge on any atom is -0.496 e. The average molecular weight is 282 g/mol. The topological polar surface area (TPSA) is 64.3 Å². The van der Waals surface area contributed by atoms with Gasteiger partial charge in [0.1, 0.15) is 5.75 Å². The van der Waals surface area contributed by atoms with E-state index in [0.29, 0.717) is 12.2 Å². The van der Waals surface area contributed by atoms with Crippen LogP contribution in [0.3, 0.4) is 0 Å². The molecule has 1 unspecified atom stereocenters. The fourth-order valence-electron chi connectivity index (χ4n) is 2.73. The third-order valence-corrected chi connectivity index (χ3v) is 3.93. The molecule has 0 aliphatic heterocycles. The molecule has 0 aromatic heterocycles. The number of carbonyl (C=O) groups excluding carboxylic acids is 1. The Morgan fingerprint density at radius 2 is 2.14 bits per heavy atom. The SMILES string of the molecule is COc1ccc(N)cc1CNC(=O)C1Cc2ccccc21. The van der Waals surface area contributed by atoms with Crippen molar-refractivity contribution in [1.29, 1.82) is 0 Å². The van der Waals surface area contributed by atoms with E-state index < -0.39 is 0 Å². The number of anilines is 1. The Bertz CT molecular complexity index is 682. The molecule has 0 fully saturated rings. The number of hydrogen-bond donors (Lipinski definition) is 2. The molecule has 108 valence electrons. The number of nitrogens with one attached hydrogen (secondary N) is 1. The smallest absolute Gasteiger partial charge is 0.228 e. The lowest BCUT2D eigenvalue weighted by atomic mass is 9.77. The Labute approximate surface area is 123 Å². The number of nitrogen functional groups attached to an aromatic ring is 1. The zero-order chi connectivity index (χ0) is 14.8. The third-order valence-electron chi connectivity index (χ3n) is 3.93. The van der Waals surface area contributed by atoms with Crippen molar-refractivity contribution in [2.24, 2.45) is 0 Å². The van der Waals surface area contributed by atoms with Gasteiger partial charge in [-0.2, -0.15) is 0 Å². The van der Waals surface area contributed by atoms with Crippen LogP contribution in [0.15, 0.2) is 42.5 Å². The first-order chi connectivity index (χ1) is 10.2. The van der Waals surface area contributed by atoms with Crippen molar-refractivity contribution >= 4 is 11.6 Å². The molecule has 0 bridgehead atoms. The van der Waals surface area contributed by atoms with Crippen LogP contribution in [0.1, 0.15) is 22.6 Å². The summed E-state index contributed by atoms with van der Waals surface area (Å²) in [5, 5.41) is 2.97. The van der Waals surface area contributed by atoms with Crippen LogP contribution in [-0.2, 0) is 17.8 Å². The standard InChI is InChI=1S/C17H18N2O2/c1-21-16-7-6-13(18)8-12(16)10-19-17(20)15-9-11-4-2-3-5-14(11)15/h2-8,15H,9-10,18H2,1H3,(H,19,20). The fraction of sp³-hybridized carbons (Fsp3) is 0.235. The van der Waals surface area contributed by atoms with Gasteiger partial charge >= 0.3 is 0 Å². The van der Waals surface area contributed by atoms with E-state index in [4.69, 9.17) is 10.5 Å². The molecule has 1 aliphatic carbocycles. The number of amides is 1. The second-order valence-corrected chi connectivity index (χ2v) is 5.24. The molecule has 4 nitrogen and oxygen atoms in total. The van der Waals surface area contributed by atoms with Gasteiger partial charge in [-0.3, -0.25) is 4.79 Å². The van der Waals surface area contributed by atoms with E-state index in [9.17, 15) is 4.79 Å². The fourth-order valence-corrected chi connectivity index (χ4v) is 2.73. The monoisotopic (exact) mass is 282 g/mol. The number of methoxy groups -OCH3 is 1. The van der Waals surface area contributed by atoms with Crippen molar-refractivity contribution in [3.05, 3.63) is 59.2 Å². The predicted molar refractivity (Wildman–Crippen MR) is 82.1 cm³/mol. The Kier molecular flexibility index (Phi) is 3.52. The van der Waals surface area contributed by atoms with Gasteiger partial charge in [0.05, 0.1) is 13.0 Å². The second-order valence-electron chi connectivity index (χ2n) is 5.24. The highest BCUT2D eigenvalue weighted by Gasteiger charge is 2.31. The van der Waals surface area contributed by atoms with Crippen molar-refractivity contribution < 1.29 is 9.53 Å². The van der Waals surface area contributed by atoms with Crippen molar-refractivity contribution in [3.63, 3.8) is 0 Å². The molecule has 3 N–H and O–H groups in total. The van der Waals surface area contributed by atoms with Gasteiger partial charge in [-0.25, -0.2) is 0 Å². The van der Waals surface area contributed by atoms with E-state index >= 15 is 0 Å². The normalized spacial score (nSPS) is 15.8. The molecule has 0 heterocycles. The van der Waals surface area contributed by atoms with Crippen LogP contribution in [0, 0.1) is 0 Å². The van der Waals surface area contributed by atoms with E-state index in [1.54, 1.807) is 13.2 Å². The highest BCUT2D eigenvalue weighted by molar-refractivity contribution is 5.86. The number of fused-ring (bicyclic) bond motifs is 1. The Morgan fingerprint density at radius 1 is 1.33 bits per heavy atom. The van der Waals surface area contributed by atoms with Crippen LogP contribution in [0.4, 0.5) is 5.69 Å². The highest BCUT2D eigenvalue weighted by atomic mass is 16.5. The second kappa shape index (κ2) is 5.48. The highest BCUT2D eigenvalue weighted by Crippen LogP contribution is 2.34. The van der Waals surface area contributed by atoms with E-state index in [2.05, 4.69) is 11.4 Å². The number of carbonyl (C=O) groups is 1. The first-order valence-corrected chi connectivity index (χ1v) is 6.97. The lowest BCUT2D eigenvalue weighted by Gasteiger charge is -2.29. The van der Waals surface area contributed by atoms with Crippen LogP contribution >= 0.6 is 0 Å². The van der Waals surface area contributed by atoms with Gasteiger partial charge in [0.15, 0.2) is 0 Å². The maximum Gasteiger partial charge on any atom is 0.228 e. The van der Waals surface area contributed by atoms with E-state index in [1.165, 1.54) is 5.56 Å². The van der Waals surface area contributed by atoms with E-state index in [0.717, 1.165) is 23.3 Å². The lowest BCUT2D eigenvalue weighted by molar-refractivity contribution is -0.123. The summed E-state index contributed by atoms with van der Waals surface area (Å²) in [6.07, 6.45) is 0.816. The minimum absolute atomic E-state index is 0.0340. The van der Waals surface area contributed by atoms with E-state index in [-0.39, 0.29) is 11.8 Å². The lowest BCUT2D eigenvalue weighted by Crippen LogP contribution is -2.35. The summed E-state index contributed by atoms with van der Waals surface area (Å²) < 4.78 is 5.28. The van der Waals surface area contributed by atoms with Crippen LogP contribution < -0.4 is 15.8 Å². The number of rotatable bonds is 4. The molecule has 0 spiro atoms. The van der Waals surface area contributed by atoms with Gasteiger partial charge in [-0.05, 0) is 35.7 Å². The summed E-state index contributed by atoms with van der Waals surface area (Å²) in [7, 11) is 1.61. The van der Waals surface area contributed by atoms with Gasteiger partial charge in [0.2, 0.25) is 5.91 Å². The first-order valence-electron chi connectivity index (χ1n) is 6.97. The summed E-state index contributed by atoms with van der Waals surface area (Å²) in [5.74, 6) is 0.755. The molecular weight excluding hydrogens is 264 g/mol. The van der Waals surface area contributed by atoms with Gasteiger partial charge in [0.25, 0.3) is 0 Å². The molecule has 21 heavy (non-hydrogen) atoms. The number of ether oxygens (including phenoxy) is 1. The summed E-state index contributed by atoms with van der Waals surface area (Å²) in [6.45, 7) is 0.422. The molecule has 2 aromatic rings. The Morgan fingerprint density at radius 3 is 2.90 bits per heavy atom. The maximum atomic E-state index is 12.3. The predicted octanol–water partition coefficient (Wildman–Crippen LogP) is 2.23. The largest absolute Gasteiger partial charge is 0.496 e. The molecule has 1 aliphatic rings. The molecule has 2 aromatic carbocycles. The Balaban J connectivity index is 1.66.